The maximum Gasteiger partial charge on any atom is 0.0340 e. The fraction of sp³-hybridized carbons (Fsp3) is 0.571. The normalized spacial score (nSPS) is 17.0. The Morgan fingerprint density at radius 3 is 2.56 bits per heavy atom. The number of hydrogen-bond donors (Lipinski definition) is 1. The maximum absolute atomic E-state index is 3.20. The van der Waals surface area contributed by atoms with Crippen molar-refractivity contribution in [2.75, 3.05) is 18.9 Å². The number of nitrogens with one attached hydrogen (secondary N) is 1. The van der Waals surface area contributed by atoms with E-state index in [4.69, 9.17) is 0 Å². The summed E-state index contributed by atoms with van der Waals surface area (Å²) in [6.45, 7) is 9.13. The lowest BCUT2D eigenvalue weighted by molar-refractivity contribution is 0.121. The highest BCUT2D eigenvalue weighted by molar-refractivity contribution is 5.49. The van der Waals surface area contributed by atoms with Crippen molar-refractivity contribution < 1.29 is 0 Å². The van der Waals surface area contributed by atoms with Gasteiger partial charge in [0.15, 0.2) is 0 Å². The first-order valence-electron chi connectivity index (χ1n) is 6.05. The van der Waals surface area contributed by atoms with Crippen molar-refractivity contribution >= 4 is 5.69 Å². The Morgan fingerprint density at radius 1 is 1.19 bits per heavy atom. The molecule has 0 unspecified atom stereocenters. The Hall–Kier alpha value is -1.02. The summed E-state index contributed by atoms with van der Waals surface area (Å²) in [5, 5.41) is 3.20. The monoisotopic (exact) mass is 218 g/mol. The molecule has 0 radical (unpaired) electrons. The summed E-state index contributed by atoms with van der Waals surface area (Å²) in [5.41, 5.74) is 4.50. The number of benzene rings is 1. The molecular weight excluding hydrogens is 196 g/mol. The second-order valence-corrected chi connectivity index (χ2v) is 5.58. The molecule has 2 heteroatoms. The van der Waals surface area contributed by atoms with Crippen molar-refractivity contribution in [2.24, 2.45) is 0 Å². The van der Waals surface area contributed by atoms with Crippen molar-refractivity contribution in [3.8, 4) is 0 Å². The zero-order valence-electron chi connectivity index (χ0n) is 10.8. The molecule has 2 rings (SSSR count). The van der Waals surface area contributed by atoms with Gasteiger partial charge in [0.25, 0.3) is 0 Å². The maximum atomic E-state index is 3.20. The molecule has 1 N–H and O–H groups in total. The zero-order chi connectivity index (χ0) is 11.8. The van der Waals surface area contributed by atoms with Crippen LogP contribution in [0.1, 0.15) is 31.9 Å². The van der Waals surface area contributed by atoms with Gasteiger partial charge in [0, 0.05) is 31.4 Å². The van der Waals surface area contributed by atoms with Crippen molar-refractivity contribution in [1.82, 2.24) is 4.90 Å². The molecule has 1 heterocycles. The van der Waals surface area contributed by atoms with Gasteiger partial charge >= 0.3 is 0 Å². The van der Waals surface area contributed by atoms with Gasteiger partial charge in [-0.25, -0.2) is 0 Å². The van der Waals surface area contributed by atoms with Crippen LogP contribution in [0.15, 0.2) is 18.2 Å². The summed E-state index contributed by atoms with van der Waals surface area (Å²) < 4.78 is 0. The van der Waals surface area contributed by atoms with E-state index in [1.807, 2.05) is 7.05 Å². The van der Waals surface area contributed by atoms with Crippen LogP contribution in [0.2, 0.25) is 0 Å². The van der Waals surface area contributed by atoms with Gasteiger partial charge in [-0.15, -0.1) is 0 Å². The molecule has 0 aliphatic carbocycles. The predicted molar refractivity (Wildman–Crippen MR) is 69.9 cm³/mol. The Morgan fingerprint density at radius 2 is 1.94 bits per heavy atom. The van der Waals surface area contributed by atoms with Gasteiger partial charge in [0.2, 0.25) is 0 Å². The van der Waals surface area contributed by atoms with Crippen molar-refractivity contribution in [3.05, 3.63) is 29.3 Å². The van der Waals surface area contributed by atoms with E-state index in [-0.39, 0.29) is 5.54 Å². The third kappa shape index (κ3) is 2.22. The van der Waals surface area contributed by atoms with Gasteiger partial charge in [-0.1, -0.05) is 6.07 Å². The van der Waals surface area contributed by atoms with E-state index in [0.29, 0.717) is 0 Å². The van der Waals surface area contributed by atoms with E-state index in [1.165, 1.54) is 29.8 Å². The van der Waals surface area contributed by atoms with Gasteiger partial charge in [0.1, 0.15) is 0 Å². The van der Waals surface area contributed by atoms with Crippen LogP contribution in [-0.2, 0) is 13.0 Å². The second kappa shape index (κ2) is 4.10. The zero-order valence-corrected chi connectivity index (χ0v) is 10.8. The van der Waals surface area contributed by atoms with Gasteiger partial charge in [0.05, 0.1) is 0 Å². The van der Waals surface area contributed by atoms with Crippen LogP contribution >= 0.6 is 0 Å². The number of nitrogens with zero attached hydrogens (tertiary/aromatic N) is 1. The van der Waals surface area contributed by atoms with E-state index in [9.17, 15) is 0 Å². The first kappa shape index (κ1) is 11.5. The second-order valence-electron chi connectivity index (χ2n) is 5.58. The molecule has 1 aliphatic heterocycles. The van der Waals surface area contributed by atoms with Crippen molar-refractivity contribution in [3.63, 3.8) is 0 Å². The van der Waals surface area contributed by atoms with Crippen molar-refractivity contribution in [1.29, 1.82) is 0 Å². The fourth-order valence-corrected chi connectivity index (χ4v) is 2.28. The van der Waals surface area contributed by atoms with E-state index >= 15 is 0 Å². The molecule has 0 spiro atoms. The predicted octanol–water partition coefficient (Wildman–Crippen LogP) is 2.88. The quantitative estimate of drug-likeness (QED) is 0.779. The highest BCUT2D eigenvalue weighted by atomic mass is 15.2. The van der Waals surface area contributed by atoms with E-state index in [2.05, 4.69) is 49.2 Å². The molecule has 0 amide bonds. The SMILES string of the molecule is CNc1ccc2c(c1)CCN(C(C)(C)C)C2. The molecule has 1 aliphatic rings. The molecule has 16 heavy (non-hydrogen) atoms. The minimum absolute atomic E-state index is 0.277. The van der Waals surface area contributed by atoms with E-state index in [1.54, 1.807) is 0 Å². The van der Waals surface area contributed by atoms with E-state index in [0.717, 1.165) is 6.54 Å². The van der Waals surface area contributed by atoms with Gasteiger partial charge in [-0.3, -0.25) is 4.90 Å². The van der Waals surface area contributed by atoms with Crippen LogP contribution in [0.3, 0.4) is 0 Å². The number of rotatable bonds is 1. The first-order valence-corrected chi connectivity index (χ1v) is 6.05. The molecular formula is C14H22N2. The summed E-state index contributed by atoms with van der Waals surface area (Å²) >= 11 is 0. The third-order valence-electron chi connectivity index (χ3n) is 3.46. The summed E-state index contributed by atoms with van der Waals surface area (Å²) in [6, 6.07) is 6.72. The lowest BCUT2D eigenvalue weighted by Crippen LogP contribution is -2.44. The largest absolute Gasteiger partial charge is 0.388 e. The third-order valence-corrected chi connectivity index (χ3v) is 3.46. The number of fused-ring (bicyclic) bond motifs is 1. The molecule has 0 saturated carbocycles. The molecule has 88 valence electrons. The highest BCUT2D eigenvalue weighted by Crippen LogP contribution is 2.26. The molecule has 0 atom stereocenters. The minimum atomic E-state index is 0.277. The molecule has 0 bridgehead atoms. The number of anilines is 1. The summed E-state index contributed by atoms with van der Waals surface area (Å²) in [6.07, 6.45) is 1.17. The average Bonchev–Trinajstić information content (AvgIpc) is 2.26. The van der Waals surface area contributed by atoms with Crippen LogP contribution < -0.4 is 5.32 Å². The average molecular weight is 218 g/mol. The van der Waals surface area contributed by atoms with Crippen LogP contribution in [0.4, 0.5) is 5.69 Å². The topological polar surface area (TPSA) is 15.3 Å². The molecule has 1 aromatic rings. The Balaban J connectivity index is 2.22. The Labute approximate surface area is 98.7 Å². The lowest BCUT2D eigenvalue weighted by atomic mass is 9.95. The lowest BCUT2D eigenvalue weighted by Gasteiger charge is -2.39. The van der Waals surface area contributed by atoms with Crippen LogP contribution in [0.5, 0.6) is 0 Å². The molecule has 0 saturated heterocycles. The Bertz CT molecular complexity index is 377. The summed E-state index contributed by atoms with van der Waals surface area (Å²) in [4.78, 5) is 2.55. The standard InChI is InChI=1S/C14H22N2/c1-14(2,3)16-8-7-11-9-13(15-4)6-5-12(11)10-16/h5-6,9,15H,7-8,10H2,1-4H3. The van der Waals surface area contributed by atoms with E-state index < -0.39 is 0 Å². The molecule has 2 nitrogen and oxygen atoms in total. The summed E-state index contributed by atoms with van der Waals surface area (Å²) in [5.74, 6) is 0. The highest BCUT2D eigenvalue weighted by Gasteiger charge is 2.25. The number of hydrogen-bond acceptors (Lipinski definition) is 2. The van der Waals surface area contributed by atoms with Crippen molar-refractivity contribution in [2.45, 2.75) is 39.3 Å². The Kier molecular flexibility index (Phi) is 2.94. The summed E-state index contributed by atoms with van der Waals surface area (Å²) in [7, 11) is 1.98. The van der Waals surface area contributed by atoms with Crippen LogP contribution in [0.25, 0.3) is 0 Å². The first-order chi connectivity index (χ1) is 7.50. The van der Waals surface area contributed by atoms with Gasteiger partial charge in [-0.2, -0.15) is 0 Å². The molecule has 0 fully saturated rings. The molecule has 1 aromatic carbocycles. The smallest absolute Gasteiger partial charge is 0.0340 e. The molecule has 0 aromatic heterocycles. The van der Waals surface area contributed by atoms with Gasteiger partial charge in [-0.05, 0) is 50.5 Å². The fourth-order valence-electron chi connectivity index (χ4n) is 2.28. The van der Waals surface area contributed by atoms with Crippen LogP contribution in [-0.4, -0.2) is 24.0 Å². The minimum Gasteiger partial charge on any atom is -0.388 e. The van der Waals surface area contributed by atoms with Crippen LogP contribution in [0, 0.1) is 0 Å². The van der Waals surface area contributed by atoms with Gasteiger partial charge < -0.3 is 5.32 Å².